The van der Waals surface area contributed by atoms with E-state index >= 15 is 0 Å². The molecule has 1 nitrogen and oxygen atoms in total. The van der Waals surface area contributed by atoms with Gasteiger partial charge in [0, 0.05) is 5.56 Å². The number of para-hydroxylation sites is 1. The highest BCUT2D eigenvalue weighted by Crippen LogP contribution is 2.41. The molecule has 0 saturated heterocycles. The van der Waals surface area contributed by atoms with Crippen LogP contribution in [0, 0.1) is 0 Å². The van der Waals surface area contributed by atoms with Crippen molar-refractivity contribution in [1.82, 2.24) is 0 Å². The normalized spacial score (nSPS) is 15.8. The molecule has 0 saturated carbocycles. The van der Waals surface area contributed by atoms with Crippen LogP contribution in [0.3, 0.4) is 0 Å². The lowest BCUT2D eigenvalue weighted by atomic mass is 9.89. The molecule has 0 aromatic heterocycles. The Labute approximate surface area is 153 Å². The van der Waals surface area contributed by atoms with Gasteiger partial charge < -0.3 is 4.74 Å². The highest BCUT2D eigenvalue weighted by Gasteiger charge is 2.23. The van der Waals surface area contributed by atoms with Gasteiger partial charge in [0.05, 0.1) is 0 Å². The van der Waals surface area contributed by atoms with Crippen molar-refractivity contribution in [2.75, 3.05) is 0 Å². The highest BCUT2D eigenvalue weighted by molar-refractivity contribution is 5.99. The molecule has 0 amide bonds. The average Bonchev–Trinajstić information content (AvgIpc) is 2.73. The van der Waals surface area contributed by atoms with E-state index in [1.54, 1.807) is 0 Å². The standard InChI is InChI=1S/C25H18O/c1-2-10-19(11-3-1)25-17-23(22-14-6-7-16-24(22)26-25)21-15-8-12-18-9-4-5-13-20(18)21/h1-17,25H. The second kappa shape index (κ2) is 6.20. The van der Waals surface area contributed by atoms with Crippen molar-refractivity contribution in [2.45, 2.75) is 6.10 Å². The van der Waals surface area contributed by atoms with Crippen LogP contribution < -0.4 is 4.74 Å². The predicted molar refractivity (Wildman–Crippen MR) is 107 cm³/mol. The largest absolute Gasteiger partial charge is 0.481 e. The Morgan fingerprint density at radius 3 is 2.19 bits per heavy atom. The number of rotatable bonds is 2. The van der Waals surface area contributed by atoms with Crippen LogP contribution in [0.4, 0.5) is 0 Å². The molecule has 4 aromatic carbocycles. The SMILES string of the molecule is C1=C(c2cccc3ccccc23)c2ccccc2OC1c1ccccc1. The molecule has 0 N–H and O–H groups in total. The van der Waals surface area contributed by atoms with E-state index in [9.17, 15) is 0 Å². The van der Waals surface area contributed by atoms with Crippen molar-refractivity contribution >= 4 is 16.3 Å². The smallest absolute Gasteiger partial charge is 0.143 e. The summed E-state index contributed by atoms with van der Waals surface area (Å²) < 4.78 is 6.31. The van der Waals surface area contributed by atoms with E-state index in [4.69, 9.17) is 4.74 Å². The summed E-state index contributed by atoms with van der Waals surface area (Å²) in [5.74, 6) is 0.937. The Morgan fingerprint density at radius 2 is 1.27 bits per heavy atom. The van der Waals surface area contributed by atoms with Crippen LogP contribution in [0.15, 0.2) is 103 Å². The summed E-state index contributed by atoms with van der Waals surface area (Å²) in [6.07, 6.45) is 2.17. The van der Waals surface area contributed by atoms with Gasteiger partial charge in [-0.05, 0) is 39.6 Å². The second-order valence-electron chi connectivity index (χ2n) is 6.55. The fourth-order valence-electron chi connectivity index (χ4n) is 3.71. The zero-order valence-electron chi connectivity index (χ0n) is 14.3. The summed E-state index contributed by atoms with van der Waals surface area (Å²) in [4.78, 5) is 0. The van der Waals surface area contributed by atoms with Gasteiger partial charge in [0.1, 0.15) is 11.9 Å². The van der Waals surface area contributed by atoms with Crippen molar-refractivity contribution in [3.8, 4) is 5.75 Å². The maximum atomic E-state index is 6.31. The van der Waals surface area contributed by atoms with E-state index in [2.05, 4.69) is 91.0 Å². The maximum absolute atomic E-state index is 6.31. The van der Waals surface area contributed by atoms with Gasteiger partial charge in [0.2, 0.25) is 0 Å². The van der Waals surface area contributed by atoms with E-state index in [1.807, 2.05) is 12.1 Å². The van der Waals surface area contributed by atoms with Crippen LogP contribution in [0.5, 0.6) is 5.75 Å². The van der Waals surface area contributed by atoms with Gasteiger partial charge in [-0.15, -0.1) is 0 Å². The molecule has 124 valence electrons. The van der Waals surface area contributed by atoms with Crippen LogP contribution in [-0.2, 0) is 0 Å². The zero-order valence-corrected chi connectivity index (χ0v) is 14.3. The van der Waals surface area contributed by atoms with E-state index in [-0.39, 0.29) is 6.10 Å². The quantitative estimate of drug-likeness (QED) is 0.412. The van der Waals surface area contributed by atoms with E-state index in [0.717, 1.165) is 11.3 Å². The van der Waals surface area contributed by atoms with Gasteiger partial charge in [0.25, 0.3) is 0 Å². The Morgan fingerprint density at radius 1 is 0.577 bits per heavy atom. The van der Waals surface area contributed by atoms with Gasteiger partial charge in [-0.3, -0.25) is 0 Å². The van der Waals surface area contributed by atoms with Crippen LogP contribution in [0.25, 0.3) is 16.3 Å². The molecule has 0 aliphatic carbocycles. The molecule has 1 unspecified atom stereocenters. The highest BCUT2D eigenvalue weighted by atomic mass is 16.5. The first-order valence-corrected chi connectivity index (χ1v) is 8.91. The lowest BCUT2D eigenvalue weighted by Crippen LogP contribution is -2.12. The van der Waals surface area contributed by atoms with Gasteiger partial charge in [-0.25, -0.2) is 0 Å². The molecule has 1 aliphatic rings. The number of hydrogen-bond donors (Lipinski definition) is 0. The Hall–Kier alpha value is -3.32. The average molecular weight is 334 g/mol. The predicted octanol–water partition coefficient (Wildman–Crippen LogP) is 6.41. The van der Waals surface area contributed by atoms with Gasteiger partial charge >= 0.3 is 0 Å². The molecular formula is C25H18O. The van der Waals surface area contributed by atoms with E-state index < -0.39 is 0 Å². The third-order valence-corrected chi connectivity index (χ3v) is 4.96. The van der Waals surface area contributed by atoms with E-state index in [1.165, 1.54) is 27.5 Å². The van der Waals surface area contributed by atoms with Gasteiger partial charge in [-0.1, -0.05) is 91.0 Å². The topological polar surface area (TPSA) is 9.23 Å². The molecule has 1 heterocycles. The molecular weight excluding hydrogens is 316 g/mol. The molecule has 4 aromatic rings. The number of ether oxygens (including phenoxy) is 1. The number of fused-ring (bicyclic) bond motifs is 2. The summed E-state index contributed by atoms with van der Waals surface area (Å²) in [7, 11) is 0. The summed E-state index contributed by atoms with van der Waals surface area (Å²) in [5, 5.41) is 2.52. The summed E-state index contributed by atoms with van der Waals surface area (Å²) in [6, 6.07) is 33.8. The fourth-order valence-corrected chi connectivity index (χ4v) is 3.71. The number of benzene rings is 4. The monoisotopic (exact) mass is 334 g/mol. The minimum absolute atomic E-state index is 0.0833. The van der Waals surface area contributed by atoms with Crippen LogP contribution >= 0.6 is 0 Å². The number of hydrogen-bond acceptors (Lipinski definition) is 1. The molecule has 0 bridgehead atoms. The summed E-state index contributed by atoms with van der Waals surface area (Å²) in [5.41, 5.74) is 4.80. The third kappa shape index (κ3) is 2.49. The Bertz CT molecular complexity index is 1100. The van der Waals surface area contributed by atoms with Crippen molar-refractivity contribution in [3.63, 3.8) is 0 Å². The van der Waals surface area contributed by atoms with Crippen molar-refractivity contribution in [3.05, 3.63) is 120 Å². The first-order chi connectivity index (χ1) is 12.9. The zero-order chi connectivity index (χ0) is 17.3. The molecule has 0 fully saturated rings. The molecule has 0 radical (unpaired) electrons. The minimum atomic E-state index is -0.0833. The Kier molecular flexibility index (Phi) is 3.57. The molecule has 1 heteroatoms. The summed E-state index contributed by atoms with van der Waals surface area (Å²) in [6.45, 7) is 0. The van der Waals surface area contributed by atoms with E-state index in [0.29, 0.717) is 0 Å². The van der Waals surface area contributed by atoms with Gasteiger partial charge in [-0.2, -0.15) is 0 Å². The molecule has 1 atom stereocenters. The lowest BCUT2D eigenvalue weighted by Gasteiger charge is -2.26. The summed E-state index contributed by atoms with van der Waals surface area (Å²) >= 11 is 0. The third-order valence-electron chi connectivity index (χ3n) is 4.96. The van der Waals surface area contributed by atoms with Crippen LogP contribution in [0.2, 0.25) is 0 Å². The Balaban J connectivity index is 1.75. The molecule has 26 heavy (non-hydrogen) atoms. The van der Waals surface area contributed by atoms with Gasteiger partial charge in [0.15, 0.2) is 0 Å². The second-order valence-corrected chi connectivity index (χ2v) is 6.55. The first kappa shape index (κ1) is 15.0. The fraction of sp³-hybridized carbons (Fsp3) is 0.0400. The molecule has 0 spiro atoms. The molecule has 5 rings (SSSR count). The van der Waals surface area contributed by atoms with Crippen molar-refractivity contribution in [1.29, 1.82) is 0 Å². The van der Waals surface area contributed by atoms with Crippen molar-refractivity contribution < 1.29 is 4.74 Å². The lowest BCUT2D eigenvalue weighted by molar-refractivity contribution is 0.251. The van der Waals surface area contributed by atoms with Crippen LogP contribution in [0.1, 0.15) is 22.8 Å². The van der Waals surface area contributed by atoms with Crippen LogP contribution in [-0.4, -0.2) is 0 Å². The first-order valence-electron chi connectivity index (χ1n) is 8.91. The van der Waals surface area contributed by atoms with Crippen molar-refractivity contribution in [2.24, 2.45) is 0 Å². The minimum Gasteiger partial charge on any atom is -0.481 e. The molecule has 1 aliphatic heterocycles. The maximum Gasteiger partial charge on any atom is 0.143 e.